The summed E-state index contributed by atoms with van der Waals surface area (Å²) in [6.07, 6.45) is -4.72. The Bertz CT molecular complexity index is 3870. The van der Waals surface area contributed by atoms with Crippen molar-refractivity contribution in [2.24, 2.45) is 0 Å². The smallest absolute Gasteiger partial charge is 0.309 e. The van der Waals surface area contributed by atoms with Crippen LogP contribution in [-0.2, 0) is 6.18 Å². The summed E-state index contributed by atoms with van der Waals surface area (Å²) in [4.78, 5) is 22.3. The molecule has 0 saturated heterocycles. The SMILES string of the molecule is [C-]#[N+]c1ccc2c(c1)c1cc([N+]#[C-])ccc1n2-c1cc(-c2nc(-c3ccccc3)nc(-c3ccccc3)n2)ccc1-c1ccc(C(F)(F)F)cc1-n1c2ccc(C#N)cc2c2cc(C#N)ccc21. The Morgan fingerprint density at radius 2 is 0.853 bits per heavy atom. The van der Waals surface area contributed by atoms with Gasteiger partial charge in [-0.1, -0.05) is 91.0 Å². The second kappa shape index (κ2) is 16.0. The zero-order valence-electron chi connectivity index (χ0n) is 35.3. The number of aromatic nitrogens is 5. The Morgan fingerprint density at radius 3 is 1.29 bits per heavy atom. The Kier molecular flexibility index (Phi) is 9.60. The molecule has 8 aromatic carbocycles. The minimum Gasteiger partial charge on any atom is -0.309 e. The third-order valence-electron chi connectivity index (χ3n) is 12.1. The van der Waals surface area contributed by atoms with Crippen LogP contribution >= 0.6 is 0 Å². The van der Waals surface area contributed by atoms with Gasteiger partial charge in [0.2, 0.25) is 0 Å². The third-order valence-corrected chi connectivity index (χ3v) is 12.1. The summed E-state index contributed by atoms with van der Waals surface area (Å²) in [5.41, 5.74) is 6.77. The molecule has 0 aliphatic carbocycles. The van der Waals surface area contributed by atoms with E-state index >= 15 is 0 Å². The zero-order chi connectivity index (χ0) is 46.7. The second-order valence-corrected chi connectivity index (χ2v) is 16.0. The molecule has 0 aliphatic heterocycles. The molecule has 3 aromatic heterocycles. The molecule has 12 heteroatoms. The quantitative estimate of drug-likeness (QED) is 0.155. The lowest BCUT2D eigenvalue weighted by molar-refractivity contribution is -0.137. The number of nitrogens with zero attached hydrogens (tertiary/aromatic N) is 9. The monoisotopic (exact) mass is 883 g/mol. The molecule has 68 heavy (non-hydrogen) atoms. The van der Waals surface area contributed by atoms with Crippen LogP contribution in [0, 0.1) is 35.8 Å². The standard InChI is InChI=1S/C56H28F3N9/c1-62-39-17-23-49-45(29-39)46-30-40(63-2)18-24-50(46)67(49)51-27-37(55-65-53(35-9-5-3-6-10-35)64-54(66-55)36-11-7-4-8-12-36)15-19-41(51)42-20-16-38(56(57,58)59)28-52(42)68-47-21-13-33(31-60)25-43(47)44-26-34(32-61)14-22-48(44)68/h3-30H. The van der Waals surface area contributed by atoms with Crippen LogP contribution in [-0.4, -0.2) is 24.1 Å². The van der Waals surface area contributed by atoms with Gasteiger partial charge in [0.1, 0.15) is 0 Å². The van der Waals surface area contributed by atoms with Crippen LogP contribution < -0.4 is 0 Å². The fourth-order valence-corrected chi connectivity index (χ4v) is 8.96. The van der Waals surface area contributed by atoms with E-state index in [4.69, 9.17) is 28.1 Å². The third kappa shape index (κ3) is 6.82. The highest BCUT2D eigenvalue weighted by molar-refractivity contribution is 6.13. The van der Waals surface area contributed by atoms with E-state index < -0.39 is 11.7 Å². The molecular weight excluding hydrogens is 856 g/mol. The summed E-state index contributed by atoms with van der Waals surface area (Å²) in [5, 5.41) is 22.4. The topological polar surface area (TPSA) is 105 Å². The van der Waals surface area contributed by atoms with Crippen molar-refractivity contribution in [1.82, 2.24) is 24.1 Å². The molecule has 11 aromatic rings. The van der Waals surface area contributed by atoms with Gasteiger partial charge in [-0.25, -0.2) is 24.6 Å². The Morgan fingerprint density at radius 1 is 0.441 bits per heavy atom. The molecule has 0 radical (unpaired) electrons. The van der Waals surface area contributed by atoms with Crippen molar-refractivity contribution in [3.05, 3.63) is 209 Å². The Hall–Kier alpha value is -9.88. The van der Waals surface area contributed by atoms with Crippen molar-refractivity contribution in [2.45, 2.75) is 6.18 Å². The first kappa shape index (κ1) is 40.9. The van der Waals surface area contributed by atoms with Gasteiger partial charge in [-0.2, -0.15) is 23.7 Å². The molecular formula is C56H28F3N9. The Labute approximate surface area is 385 Å². The molecule has 11 rings (SSSR count). The molecule has 0 aliphatic rings. The first-order valence-electron chi connectivity index (χ1n) is 21.1. The van der Waals surface area contributed by atoms with Crippen LogP contribution in [0.1, 0.15) is 16.7 Å². The maximum absolute atomic E-state index is 14.9. The lowest BCUT2D eigenvalue weighted by Crippen LogP contribution is -2.08. The average molecular weight is 884 g/mol. The number of hydrogen-bond donors (Lipinski definition) is 0. The number of fused-ring (bicyclic) bond motifs is 6. The van der Waals surface area contributed by atoms with E-state index in [1.165, 1.54) is 6.07 Å². The van der Waals surface area contributed by atoms with Crippen molar-refractivity contribution in [1.29, 1.82) is 10.5 Å². The van der Waals surface area contributed by atoms with Gasteiger partial charge in [0.15, 0.2) is 28.8 Å². The predicted molar refractivity (Wildman–Crippen MR) is 257 cm³/mol. The maximum atomic E-state index is 14.9. The Balaban J connectivity index is 1.26. The van der Waals surface area contributed by atoms with Gasteiger partial charge in [0.25, 0.3) is 0 Å². The average Bonchev–Trinajstić information content (AvgIpc) is 3.89. The van der Waals surface area contributed by atoms with Gasteiger partial charge in [0.05, 0.1) is 75.4 Å². The molecule has 318 valence electrons. The van der Waals surface area contributed by atoms with Crippen LogP contribution in [0.25, 0.3) is 110 Å². The van der Waals surface area contributed by atoms with Crippen LogP contribution in [0.3, 0.4) is 0 Å². The number of halogens is 3. The fourth-order valence-electron chi connectivity index (χ4n) is 8.96. The zero-order valence-corrected chi connectivity index (χ0v) is 35.3. The highest BCUT2D eigenvalue weighted by atomic mass is 19.4. The van der Waals surface area contributed by atoms with E-state index in [-0.39, 0.29) is 5.69 Å². The van der Waals surface area contributed by atoms with Gasteiger partial charge in [-0.3, -0.25) is 0 Å². The fraction of sp³-hybridized carbons (Fsp3) is 0.0179. The summed E-state index contributed by atoms with van der Waals surface area (Å²) in [5.74, 6) is 1.21. The normalized spacial score (nSPS) is 11.4. The van der Waals surface area contributed by atoms with E-state index in [9.17, 15) is 23.7 Å². The summed E-state index contributed by atoms with van der Waals surface area (Å²) in [7, 11) is 0. The number of nitriles is 2. The molecule has 0 bridgehead atoms. The molecule has 3 heterocycles. The highest BCUT2D eigenvalue weighted by Crippen LogP contribution is 2.45. The van der Waals surface area contributed by atoms with Crippen LogP contribution in [0.5, 0.6) is 0 Å². The second-order valence-electron chi connectivity index (χ2n) is 16.0. The van der Waals surface area contributed by atoms with Crippen molar-refractivity contribution >= 4 is 55.0 Å². The van der Waals surface area contributed by atoms with Gasteiger partial charge in [-0.05, 0) is 89.6 Å². The minimum absolute atomic E-state index is 0.187. The molecule has 9 nitrogen and oxygen atoms in total. The van der Waals surface area contributed by atoms with Gasteiger partial charge in [-0.15, -0.1) is 0 Å². The highest BCUT2D eigenvalue weighted by Gasteiger charge is 2.32. The van der Waals surface area contributed by atoms with Crippen molar-refractivity contribution in [3.8, 4) is 68.8 Å². The van der Waals surface area contributed by atoms with E-state index in [0.717, 1.165) is 23.3 Å². The number of benzene rings is 8. The first-order valence-corrected chi connectivity index (χ1v) is 21.1. The van der Waals surface area contributed by atoms with Crippen molar-refractivity contribution in [3.63, 3.8) is 0 Å². The number of rotatable bonds is 6. The summed E-state index contributed by atoms with van der Waals surface area (Å²) in [6.45, 7) is 15.7. The maximum Gasteiger partial charge on any atom is 0.416 e. The lowest BCUT2D eigenvalue weighted by Gasteiger charge is -2.21. The van der Waals surface area contributed by atoms with E-state index in [1.54, 1.807) is 65.2 Å². The van der Waals surface area contributed by atoms with Gasteiger partial charge >= 0.3 is 6.18 Å². The predicted octanol–water partition coefficient (Wildman–Crippen LogP) is 14.6. The molecule has 0 saturated carbocycles. The largest absolute Gasteiger partial charge is 0.416 e. The molecule has 0 spiro atoms. The summed E-state index contributed by atoms with van der Waals surface area (Å²) < 4.78 is 48.6. The lowest BCUT2D eigenvalue weighted by atomic mass is 9.97. The molecule has 0 amide bonds. The minimum atomic E-state index is -4.72. The van der Waals surface area contributed by atoms with E-state index in [0.29, 0.717) is 106 Å². The van der Waals surface area contributed by atoms with Crippen molar-refractivity contribution in [2.75, 3.05) is 0 Å². The van der Waals surface area contributed by atoms with Gasteiger partial charge < -0.3 is 9.13 Å². The number of alkyl halides is 3. The van der Waals surface area contributed by atoms with E-state index in [2.05, 4.69) is 21.8 Å². The summed E-state index contributed by atoms with van der Waals surface area (Å²) >= 11 is 0. The van der Waals surface area contributed by atoms with Gasteiger partial charge in [0, 0.05) is 38.6 Å². The van der Waals surface area contributed by atoms with E-state index in [1.807, 2.05) is 95.6 Å². The van der Waals surface area contributed by atoms with Crippen LogP contribution in [0.2, 0.25) is 0 Å². The molecule has 0 unspecified atom stereocenters. The molecule has 0 N–H and O–H groups in total. The molecule has 0 atom stereocenters. The number of hydrogen-bond acceptors (Lipinski definition) is 5. The molecule has 0 fully saturated rings. The first-order chi connectivity index (χ1) is 33.1. The summed E-state index contributed by atoms with van der Waals surface area (Å²) in [6, 6.07) is 53.3. The van der Waals surface area contributed by atoms with Crippen molar-refractivity contribution < 1.29 is 13.2 Å². The van der Waals surface area contributed by atoms with Crippen LogP contribution in [0.4, 0.5) is 24.5 Å². The van der Waals surface area contributed by atoms with Crippen LogP contribution in [0.15, 0.2) is 170 Å².